The predicted octanol–water partition coefficient (Wildman–Crippen LogP) is 5.12. The number of halogens is 2. The molecule has 2 aromatic carbocycles. The molecule has 148 valence electrons. The monoisotopic (exact) mass is 454 g/mol. The van der Waals surface area contributed by atoms with E-state index in [2.05, 4.69) is 46.3 Å². The fraction of sp³-hybridized carbons (Fsp3) is 0.429. The zero-order valence-electron chi connectivity index (χ0n) is 16.2. The van der Waals surface area contributed by atoms with Gasteiger partial charge in [0.05, 0.1) is 11.1 Å². The van der Waals surface area contributed by atoms with Crippen molar-refractivity contribution in [2.24, 2.45) is 0 Å². The minimum absolute atomic E-state index is 0.432. The van der Waals surface area contributed by atoms with E-state index < -0.39 is 0 Å². The number of nitrogens with one attached hydrogen (secondary N) is 1. The second-order valence-corrected chi connectivity index (χ2v) is 7.88. The Morgan fingerprint density at radius 3 is 2.63 bits per heavy atom. The lowest BCUT2D eigenvalue weighted by atomic mass is 10.2. The number of ether oxygens (including phenoxy) is 2. The van der Waals surface area contributed by atoms with Crippen molar-refractivity contribution in [3.8, 4) is 11.5 Å². The first-order valence-electron chi connectivity index (χ1n) is 9.17. The molecule has 4 nitrogen and oxygen atoms in total. The van der Waals surface area contributed by atoms with Gasteiger partial charge in [0.1, 0.15) is 6.61 Å². The van der Waals surface area contributed by atoms with E-state index in [1.54, 1.807) is 0 Å². The number of hydrogen-bond donors (Lipinski definition) is 1. The van der Waals surface area contributed by atoms with E-state index in [4.69, 9.17) is 21.1 Å². The predicted molar refractivity (Wildman–Crippen MR) is 116 cm³/mol. The molecule has 0 radical (unpaired) electrons. The molecule has 2 aromatic rings. The van der Waals surface area contributed by atoms with E-state index in [1.165, 1.54) is 0 Å². The largest absolute Gasteiger partial charge is 0.490 e. The first kappa shape index (κ1) is 22.0. The molecule has 2 rings (SSSR count). The summed E-state index contributed by atoms with van der Waals surface area (Å²) in [6.45, 7) is 5.84. The third-order valence-electron chi connectivity index (χ3n) is 3.93. The lowest BCUT2D eigenvalue weighted by molar-refractivity contribution is 0.267. The zero-order chi connectivity index (χ0) is 19.6. The average molecular weight is 456 g/mol. The van der Waals surface area contributed by atoms with Crippen molar-refractivity contribution in [1.29, 1.82) is 0 Å². The average Bonchev–Trinajstić information content (AvgIpc) is 2.61. The van der Waals surface area contributed by atoms with Crippen molar-refractivity contribution >= 4 is 27.5 Å². The van der Waals surface area contributed by atoms with Gasteiger partial charge in [-0.05, 0) is 91.9 Å². The van der Waals surface area contributed by atoms with Gasteiger partial charge in [-0.1, -0.05) is 23.7 Å². The minimum Gasteiger partial charge on any atom is -0.490 e. The molecule has 6 heteroatoms. The molecule has 0 fully saturated rings. The van der Waals surface area contributed by atoms with Crippen LogP contribution in [0.15, 0.2) is 40.9 Å². The highest BCUT2D eigenvalue weighted by atomic mass is 79.9. The molecule has 1 N–H and O–H groups in total. The molecule has 0 amide bonds. The molecule has 0 aliphatic heterocycles. The standard InChI is InChI=1S/C21H28BrClN2O2/c1-4-26-20-13-17(14-24-9-6-10-25(2)3)12-19(22)21(20)27-15-16-7-5-8-18(23)11-16/h5,7-8,11-13,24H,4,6,9-10,14-15H2,1-3H3. The first-order valence-corrected chi connectivity index (χ1v) is 10.3. The van der Waals surface area contributed by atoms with Crippen LogP contribution in [-0.2, 0) is 13.2 Å². The Bertz CT molecular complexity index is 725. The second-order valence-electron chi connectivity index (χ2n) is 6.59. The zero-order valence-corrected chi connectivity index (χ0v) is 18.6. The second kappa shape index (κ2) is 11.5. The number of hydrogen-bond acceptors (Lipinski definition) is 4. The summed E-state index contributed by atoms with van der Waals surface area (Å²) in [5.74, 6) is 1.46. The van der Waals surface area contributed by atoms with E-state index >= 15 is 0 Å². The molecule has 0 spiro atoms. The molecular formula is C21H28BrClN2O2. The van der Waals surface area contributed by atoms with Crippen LogP contribution >= 0.6 is 27.5 Å². The Kier molecular flexibility index (Phi) is 9.42. The number of rotatable bonds is 11. The van der Waals surface area contributed by atoms with Crippen molar-refractivity contribution < 1.29 is 9.47 Å². The Hall–Kier alpha value is -1.27. The Balaban J connectivity index is 2.01. The first-order chi connectivity index (χ1) is 13.0. The maximum atomic E-state index is 6.05. The lowest BCUT2D eigenvalue weighted by Crippen LogP contribution is -2.21. The molecule has 0 unspecified atom stereocenters. The summed E-state index contributed by atoms with van der Waals surface area (Å²) in [7, 11) is 4.18. The maximum Gasteiger partial charge on any atom is 0.175 e. The van der Waals surface area contributed by atoms with Gasteiger partial charge in [-0.15, -0.1) is 0 Å². The van der Waals surface area contributed by atoms with Crippen molar-refractivity contribution in [3.63, 3.8) is 0 Å². The molecule has 0 aromatic heterocycles. The maximum absolute atomic E-state index is 6.05. The molecule has 0 aliphatic rings. The Morgan fingerprint density at radius 1 is 1.11 bits per heavy atom. The van der Waals surface area contributed by atoms with Gasteiger partial charge < -0.3 is 19.7 Å². The fourth-order valence-electron chi connectivity index (χ4n) is 2.66. The van der Waals surface area contributed by atoms with Crippen molar-refractivity contribution in [2.75, 3.05) is 33.8 Å². The van der Waals surface area contributed by atoms with E-state index in [9.17, 15) is 0 Å². The van der Waals surface area contributed by atoms with E-state index in [1.807, 2.05) is 37.3 Å². The van der Waals surface area contributed by atoms with E-state index in [-0.39, 0.29) is 0 Å². The van der Waals surface area contributed by atoms with Crippen LogP contribution in [0.3, 0.4) is 0 Å². The van der Waals surface area contributed by atoms with Crippen LogP contribution in [0.4, 0.5) is 0 Å². The summed E-state index contributed by atoms with van der Waals surface area (Å²) in [4.78, 5) is 2.19. The van der Waals surface area contributed by atoms with Gasteiger partial charge in [0.25, 0.3) is 0 Å². The molecule has 27 heavy (non-hydrogen) atoms. The van der Waals surface area contributed by atoms with Crippen LogP contribution in [0.25, 0.3) is 0 Å². The third kappa shape index (κ3) is 7.70. The summed E-state index contributed by atoms with van der Waals surface area (Å²) >= 11 is 9.68. The molecule has 0 aliphatic carbocycles. The quantitative estimate of drug-likeness (QED) is 0.477. The van der Waals surface area contributed by atoms with Gasteiger partial charge in [-0.2, -0.15) is 0 Å². The minimum atomic E-state index is 0.432. The van der Waals surface area contributed by atoms with Gasteiger partial charge in [-0.25, -0.2) is 0 Å². The van der Waals surface area contributed by atoms with Crippen LogP contribution in [0.5, 0.6) is 11.5 Å². The molecule has 0 bridgehead atoms. The van der Waals surface area contributed by atoms with Gasteiger partial charge in [-0.3, -0.25) is 0 Å². The van der Waals surface area contributed by atoms with Crippen molar-refractivity contribution in [3.05, 3.63) is 57.0 Å². The fourth-order valence-corrected chi connectivity index (χ4v) is 3.48. The van der Waals surface area contributed by atoms with Gasteiger partial charge in [0, 0.05) is 11.6 Å². The lowest BCUT2D eigenvalue weighted by Gasteiger charge is -2.16. The van der Waals surface area contributed by atoms with Crippen molar-refractivity contribution in [2.45, 2.75) is 26.5 Å². The number of nitrogens with zero attached hydrogens (tertiary/aromatic N) is 1. The van der Waals surface area contributed by atoms with Gasteiger partial charge in [0.15, 0.2) is 11.5 Å². The van der Waals surface area contributed by atoms with Crippen LogP contribution in [0.2, 0.25) is 5.02 Å². The number of benzene rings is 2. The Labute approximate surface area is 175 Å². The van der Waals surface area contributed by atoms with E-state index in [0.29, 0.717) is 24.0 Å². The highest BCUT2D eigenvalue weighted by Gasteiger charge is 2.13. The highest BCUT2D eigenvalue weighted by molar-refractivity contribution is 9.10. The summed E-state index contributed by atoms with van der Waals surface area (Å²) in [6.07, 6.45) is 1.12. The topological polar surface area (TPSA) is 33.7 Å². The molecule has 0 heterocycles. The summed E-state index contributed by atoms with van der Waals surface area (Å²) < 4.78 is 12.7. The van der Waals surface area contributed by atoms with E-state index in [0.717, 1.165) is 47.4 Å². The molecule has 0 saturated heterocycles. The molecule has 0 saturated carbocycles. The van der Waals surface area contributed by atoms with Gasteiger partial charge >= 0.3 is 0 Å². The van der Waals surface area contributed by atoms with Gasteiger partial charge in [0.2, 0.25) is 0 Å². The van der Waals surface area contributed by atoms with Crippen LogP contribution in [-0.4, -0.2) is 38.7 Å². The molecular weight excluding hydrogens is 428 g/mol. The SMILES string of the molecule is CCOc1cc(CNCCCN(C)C)cc(Br)c1OCc1cccc(Cl)c1. The normalized spacial score (nSPS) is 11.0. The Morgan fingerprint density at radius 2 is 1.93 bits per heavy atom. The summed E-state index contributed by atoms with van der Waals surface area (Å²) in [6, 6.07) is 11.8. The van der Waals surface area contributed by atoms with Crippen LogP contribution in [0, 0.1) is 0 Å². The smallest absolute Gasteiger partial charge is 0.175 e. The summed E-state index contributed by atoms with van der Waals surface area (Å²) in [5, 5.41) is 4.18. The summed E-state index contributed by atoms with van der Waals surface area (Å²) in [5.41, 5.74) is 2.17. The third-order valence-corrected chi connectivity index (χ3v) is 4.75. The highest BCUT2D eigenvalue weighted by Crippen LogP contribution is 2.37. The van der Waals surface area contributed by atoms with Crippen molar-refractivity contribution in [1.82, 2.24) is 10.2 Å². The molecule has 0 atom stereocenters. The van der Waals surface area contributed by atoms with Crippen LogP contribution in [0.1, 0.15) is 24.5 Å². The van der Waals surface area contributed by atoms with Crippen LogP contribution < -0.4 is 14.8 Å².